The molecule has 1 N–H and O–H groups in total. The smallest absolute Gasteiger partial charge is 0.349 e. The summed E-state index contributed by atoms with van der Waals surface area (Å²) in [6, 6.07) is 1.76. The molecule has 0 atom stereocenters. The molecule has 2 heterocycles. The molecule has 0 bridgehead atoms. The van der Waals surface area contributed by atoms with Crippen LogP contribution in [0.1, 0.15) is 33.8 Å². The fraction of sp³-hybridized carbons (Fsp3) is 0.364. The zero-order valence-corrected chi connectivity index (χ0v) is 10.6. The molecule has 0 fully saturated rings. The minimum Gasteiger partial charge on any atom is -0.482 e. The van der Waals surface area contributed by atoms with E-state index in [9.17, 15) is 4.79 Å². The van der Waals surface area contributed by atoms with Crippen molar-refractivity contribution >= 4 is 17.3 Å². The average molecular weight is 268 g/mol. The molecule has 2 aromatic heterocycles. The number of nitrogens with zero attached hydrogens (tertiary/aromatic N) is 2. The van der Waals surface area contributed by atoms with Crippen LogP contribution in [0.4, 0.5) is 0 Å². The van der Waals surface area contributed by atoms with Crippen molar-refractivity contribution in [2.45, 2.75) is 26.4 Å². The molecule has 18 heavy (non-hydrogen) atoms. The lowest BCUT2D eigenvalue weighted by Crippen LogP contribution is -2.00. The van der Waals surface area contributed by atoms with Crippen LogP contribution in [0.25, 0.3) is 0 Å². The third-order valence-corrected chi connectivity index (χ3v) is 3.36. The Morgan fingerprint density at radius 2 is 2.44 bits per heavy atom. The van der Waals surface area contributed by atoms with E-state index in [-0.39, 0.29) is 11.5 Å². The van der Waals surface area contributed by atoms with Crippen molar-refractivity contribution in [2.24, 2.45) is 0 Å². The normalized spacial score (nSPS) is 10.5. The van der Waals surface area contributed by atoms with E-state index in [0.29, 0.717) is 11.6 Å². The third kappa shape index (κ3) is 2.86. The van der Waals surface area contributed by atoms with Crippen LogP contribution < -0.4 is 4.74 Å². The molecule has 0 aromatic carbocycles. The summed E-state index contributed by atoms with van der Waals surface area (Å²) >= 11 is 1.24. The zero-order valence-electron chi connectivity index (χ0n) is 9.75. The number of aromatic carboxylic acids is 1. The molecule has 96 valence electrons. The van der Waals surface area contributed by atoms with Crippen molar-refractivity contribution in [3.63, 3.8) is 0 Å². The van der Waals surface area contributed by atoms with Gasteiger partial charge in [-0.15, -0.1) is 11.3 Å². The van der Waals surface area contributed by atoms with Crippen molar-refractivity contribution in [1.29, 1.82) is 0 Å². The molecule has 0 saturated carbocycles. The van der Waals surface area contributed by atoms with Gasteiger partial charge in [0.05, 0.1) is 0 Å². The number of thiophene rings is 1. The van der Waals surface area contributed by atoms with Gasteiger partial charge in [-0.1, -0.05) is 18.5 Å². The highest BCUT2D eigenvalue weighted by Gasteiger charge is 2.17. The van der Waals surface area contributed by atoms with Crippen LogP contribution in [0.3, 0.4) is 0 Å². The second-order valence-corrected chi connectivity index (χ2v) is 4.72. The first-order chi connectivity index (χ1) is 8.70. The highest BCUT2D eigenvalue weighted by Crippen LogP contribution is 2.30. The fourth-order valence-corrected chi connectivity index (χ4v) is 2.49. The van der Waals surface area contributed by atoms with Crippen LogP contribution >= 0.6 is 11.3 Å². The van der Waals surface area contributed by atoms with Crippen LogP contribution in [0.15, 0.2) is 16.9 Å². The largest absolute Gasteiger partial charge is 0.482 e. The van der Waals surface area contributed by atoms with E-state index in [2.05, 4.69) is 10.1 Å². The summed E-state index contributed by atoms with van der Waals surface area (Å²) in [5.74, 6) is -0.313. The van der Waals surface area contributed by atoms with Crippen LogP contribution in [-0.2, 0) is 13.0 Å². The first-order valence-electron chi connectivity index (χ1n) is 5.45. The predicted molar refractivity (Wildman–Crippen MR) is 63.9 cm³/mol. The fourth-order valence-electron chi connectivity index (χ4n) is 1.45. The maximum absolute atomic E-state index is 11.1. The van der Waals surface area contributed by atoms with Crippen molar-refractivity contribution in [1.82, 2.24) is 10.1 Å². The SMILES string of the molecule is CCCc1cc(OCc2ncno2)c(C(=O)O)s1. The molecular formula is C11H12N2O4S. The molecule has 0 radical (unpaired) electrons. The summed E-state index contributed by atoms with van der Waals surface area (Å²) in [4.78, 5) is 16.1. The maximum Gasteiger partial charge on any atom is 0.349 e. The minimum absolute atomic E-state index is 0.0720. The molecule has 0 amide bonds. The molecule has 6 nitrogen and oxygen atoms in total. The molecule has 7 heteroatoms. The number of aryl methyl sites for hydroxylation is 1. The quantitative estimate of drug-likeness (QED) is 0.865. The van der Waals surface area contributed by atoms with Crippen LogP contribution in [0, 0.1) is 0 Å². The first-order valence-corrected chi connectivity index (χ1v) is 6.26. The van der Waals surface area contributed by atoms with Gasteiger partial charge < -0.3 is 14.4 Å². The van der Waals surface area contributed by atoms with Crippen molar-refractivity contribution in [3.05, 3.63) is 28.0 Å². The van der Waals surface area contributed by atoms with E-state index in [1.165, 1.54) is 17.7 Å². The summed E-state index contributed by atoms with van der Waals surface area (Å²) in [6.07, 6.45) is 3.07. The van der Waals surface area contributed by atoms with Gasteiger partial charge in [-0.2, -0.15) is 4.98 Å². The van der Waals surface area contributed by atoms with Gasteiger partial charge in [0.15, 0.2) is 17.8 Å². The number of hydrogen-bond donors (Lipinski definition) is 1. The molecule has 0 unspecified atom stereocenters. The lowest BCUT2D eigenvalue weighted by Gasteiger charge is -2.00. The van der Waals surface area contributed by atoms with E-state index in [1.54, 1.807) is 6.07 Å². The van der Waals surface area contributed by atoms with Crippen molar-refractivity contribution in [2.75, 3.05) is 0 Å². The van der Waals surface area contributed by atoms with E-state index >= 15 is 0 Å². The topological polar surface area (TPSA) is 85.5 Å². The van der Waals surface area contributed by atoms with Gasteiger partial charge in [-0.3, -0.25) is 0 Å². The molecule has 0 saturated heterocycles. The Labute approximate surface area is 107 Å². The van der Waals surface area contributed by atoms with Gasteiger partial charge in [0.1, 0.15) is 5.75 Å². The molecule has 0 aliphatic carbocycles. The Balaban J connectivity index is 2.12. The lowest BCUT2D eigenvalue weighted by atomic mass is 10.3. The molecule has 0 aliphatic heterocycles. The third-order valence-electron chi connectivity index (χ3n) is 2.20. The Bertz CT molecular complexity index is 521. The average Bonchev–Trinajstić information content (AvgIpc) is 2.95. The number of rotatable bonds is 6. The number of hydrogen-bond acceptors (Lipinski definition) is 6. The summed E-state index contributed by atoms with van der Waals surface area (Å²) in [6.45, 7) is 2.11. The number of ether oxygens (including phenoxy) is 1. The highest BCUT2D eigenvalue weighted by atomic mass is 32.1. The number of aromatic nitrogens is 2. The Morgan fingerprint density at radius 3 is 3.06 bits per heavy atom. The van der Waals surface area contributed by atoms with E-state index < -0.39 is 5.97 Å². The van der Waals surface area contributed by atoms with Gasteiger partial charge in [-0.05, 0) is 12.5 Å². The second kappa shape index (κ2) is 5.63. The van der Waals surface area contributed by atoms with Gasteiger partial charge in [-0.25, -0.2) is 4.79 Å². The van der Waals surface area contributed by atoms with E-state index in [0.717, 1.165) is 17.7 Å². The molecular weight excluding hydrogens is 256 g/mol. The monoisotopic (exact) mass is 268 g/mol. The van der Waals surface area contributed by atoms with Crippen LogP contribution in [0.2, 0.25) is 0 Å². The second-order valence-electron chi connectivity index (χ2n) is 3.58. The zero-order chi connectivity index (χ0) is 13.0. The standard InChI is InChI=1S/C11H12N2O4S/c1-2-3-7-4-8(10(18-7)11(14)15)16-5-9-12-6-13-17-9/h4,6H,2-3,5H2,1H3,(H,14,15). The van der Waals surface area contributed by atoms with Gasteiger partial charge in [0.25, 0.3) is 5.89 Å². The summed E-state index contributed by atoms with van der Waals surface area (Å²) in [7, 11) is 0. The van der Waals surface area contributed by atoms with Gasteiger partial charge in [0, 0.05) is 4.88 Å². The Morgan fingerprint density at radius 1 is 1.61 bits per heavy atom. The molecule has 2 rings (SSSR count). The van der Waals surface area contributed by atoms with Gasteiger partial charge >= 0.3 is 5.97 Å². The van der Waals surface area contributed by atoms with E-state index in [4.69, 9.17) is 14.4 Å². The number of carboxylic acids is 1. The molecule has 0 aliphatic rings. The Hall–Kier alpha value is -1.89. The minimum atomic E-state index is -0.983. The number of carboxylic acid groups (broad SMARTS) is 1. The van der Waals surface area contributed by atoms with Gasteiger partial charge in [0.2, 0.25) is 0 Å². The van der Waals surface area contributed by atoms with Crippen molar-refractivity contribution < 1.29 is 19.2 Å². The molecule has 2 aromatic rings. The lowest BCUT2D eigenvalue weighted by molar-refractivity contribution is 0.0697. The van der Waals surface area contributed by atoms with Crippen LogP contribution in [0.5, 0.6) is 5.75 Å². The maximum atomic E-state index is 11.1. The summed E-state index contributed by atoms with van der Waals surface area (Å²) in [5, 5.41) is 12.5. The van der Waals surface area contributed by atoms with Crippen LogP contribution in [-0.4, -0.2) is 21.2 Å². The first kappa shape index (κ1) is 12.6. The van der Waals surface area contributed by atoms with Crippen molar-refractivity contribution in [3.8, 4) is 5.75 Å². The summed E-state index contributed by atoms with van der Waals surface area (Å²) < 4.78 is 10.2. The number of carbonyl (C=O) groups is 1. The predicted octanol–water partition coefficient (Wildman–Crippen LogP) is 2.36. The molecule has 0 spiro atoms. The Kier molecular flexibility index (Phi) is 3.93. The highest BCUT2D eigenvalue weighted by molar-refractivity contribution is 7.14. The van der Waals surface area contributed by atoms with E-state index in [1.807, 2.05) is 6.92 Å². The summed E-state index contributed by atoms with van der Waals surface area (Å²) in [5.41, 5.74) is 0.